The van der Waals surface area contributed by atoms with Crippen LogP contribution in [0.25, 0.3) is 18.2 Å². The minimum absolute atomic E-state index is 0. The minimum Gasteiger partial charge on any atom is -0.493 e. The van der Waals surface area contributed by atoms with Gasteiger partial charge in [-0.3, -0.25) is 19.2 Å². The van der Waals surface area contributed by atoms with Crippen molar-refractivity contribution in [2.75, 3.05) is 56.9 Å². The van der Waals surface area contributed by atoms with Gasteiger partial charge in [-0.25, -0.2) is 0 Å². The molecule has 0 bridgehead atoms. The summed E-state index contributed by atoms with van der Waals surface area (Å²) in [6.07, 6.45) is 8.24. The van der Waals surface area contributed by atoms with Crippen LogP contribution < -0.4 is 37.9 Å². The summed E-state index contributed by atoms with van der Waals surface area (Å²) in [6.45, 7) is 0. The van der Waals surface area contributed by atoms with Gasteiger partial charge < -0.3 is 37.9 Å². The normalized spacial score (nSPS) is 10.4. The zero-order valence-corrected chi connectivity index (χ0v) is 34.4. The Bertz CT molecular complexity index is 2220. The Balaban J connectivity index is -0.0000000417. The maximum atomic E-state index is 14.8. The van der Waals surface area contributed by atoms with Crippen molar-refractivity contribution in [2.24, 2.45) is 11.8 Å². The lowest BCUT2D eigenvalue weighted by molar-refractivity contribution is -0.131. The molecule has 4 aromatic carbocycles. The van der Waals surface area contributed by atoms with E-state index in [0.29, 0.717) is 68.2 Å². The van der Waals surface area contributed by atoms with Crippen molar-refractivity contribution in [3.63, 3.8) is 0 Å². The standard InChI is InChI=1S/C47H48O12.34CH4/c1-52-38-19-12-29(23-42(38)56-5)9-16-34(48)33-27-47(28-37(33)51,32-15-22-41(55-4)45(26-32)59-8)46(35(49)17-10-30-13-20-39(53-2)43(24-30)57-6)36(50)18-11-31-14-21-40(54-3)44(25-31)58-7;;;;;;;;;;;;;;;;;;;;;;;;;;;;;;;;;;/h9-26,33,46H,27-28H2,1-8H3;34*1H4/b16-9+,17-10+,18-11+;;;;;;;;;;;;;;;;;;;;;;;;;;;;;;;;;;. The Kier molecular flexibility index (Phi) is 195. The third-order valence-electron chi connectivity index (χ3n) is 10.4. The number of allylic oxidation sites excluding steroid dienone is 3. The highest BCUT2D eigenvalue weighted by Crippen LogP contribution is 2.51. The second-order valence-electron chi connectivity index (χ2n) is 13.6. The van der Waals surface area contributed by atoms with E-state index in [4.69, 9.17) is 37.9 Å². The highest BCUT2D eigenvalue weighted by atomic mass is 16.5. The first-order valence-electron chi connectivity index (χ1n) is 18.6. The first-order valence-corrected chi connectivity index (χ1v) is 18.6. The molecule has 0 radical (unpaired) electrons. The average molecular weight is 1350 g/mol. The Morgan fingerprint density at radius 1 is 0.333 bits per heavy atom. The fourth-order valence-electron chi connectivity index (χ4n) is 7.39. The van der Waals surface area contributed by atoms with Crippen LogP contribution in [0.15, 0.2) is 91.0 Å². The molecule has 0 saturated heterocycles. The van der Waals surface area contributed by atoms with Gasteiger partial charge in [-0.2, -0.15) is 0 Å². The minimum atomic E-state index is -1.49. The van der Waals surface area contributed by atoms with Gasteiger partial charge in [0.15, 0.2) is 63.3 Å². The van der Waals surface area contributed by atoms with Gasteiger partial charge >= 0.3 is 0 Å². The number of hydrogen-bond donors (Lipinski definition) is 0. The predicted molar refractivity (Wildman–Crippen MR) is 452 cm³/mol. The Labute approximate surface area is 594 Å². The Morgan fingerprint density at radius 2 is 0.559 bits per heavy atom. The summed E-state index contributed by atoms with van der Waals surface area (Å²) in [6, 6.07) is 20.4. The van der Waals surface area contributed by atoms with Crippen LogP contribution in [0.3, 0.4) is 0 Å². The van der Waals surface area contributed by atoms with Crippen LogP contribution in [0.4, 0.5) is 0 Å². The summed E-state index contributed by atoms with van der Waals surface area (Å²) >= 11 is 0. The Hall–Kier alpha value is -6.82. The molecule has 2 unspecified atom stereocenters. The predicted octanol–water partition coefficient (Wildman–Crippen LogP) is 29.1. The molecule has 12 nitrogen and oxygen atoms in total. The molecule has 0 aromatic heterocycles. The van der Waals surface area contributed by atoms with Crippen molar-refractivity contribution >= 4 is 41.4 Å². The van der Waals surface area contributed by atoms with E-state index in [-0.39, 0.29) is 265 Å². The number of carbonyl (C=O) groups is 4. The maximum absolute atomic E-state index is 14.8. The number of ketones is 4. The fraction of sp³-hybridized carbons (Fsp3) is 0.580. The third-order valence-corrected chi connectivity index (χ3v) is 10.4. The number of hydrogen-bond acceptors (Lipinski definition) is 12. The molecule has 5 rings (SSSR count). The SMILES string of the molecule is C.C.C.C.C.C.C.C.C.C.C.C.C.C.C.C.C.C.C.C.C.C.C.C.C.C.C.C.C.C.C.C.C.C.COc1ccc(/C=C/C(=O)C2CC(c3ccc(OC)c(OC)c3)(C(C(=O)/C=C/c3ccc(OC)c(OC)c3)C(=O)/C=C/c3ccc(OC)c(OC)c3)CC2=O)cc1OC. The van der Waals surface area contributed by atoms with Crippen LogP contribution >= 0.6 is 0 Å². The van der Waals surface area contributed by atoms with Crippen molar-refractivity contribution in [1.82, 2.24) is 0 Å². The van der Waals surface area contributed by atoms with Gasteiger partial charge in [-0.1, -0.05) is 295 Å². The van der Waals surface area contributed by atoms with E-state index in [9.17, 15) is 19.2 Å². The summed E-state index contributed by atoms with van der Waals surface area (Å²) in [5.41, 5.74) is 0.787. The van der Waals surface area contributed by atoms with Gasteiger partial charge in [-0.05, 0) is 95.4 Å². The molecule has 1 aliphatic carbocycles. The van der Waals surface area contributed by atoms with Crippen molar-refractivity contribution < 1.29 is 57.1 Å². The van der Waals surface area contributed by atoms with Crippen molar-refractivity contribution in [3.8, 4) is 46.0 Å². The maximum Gasteiger partial charge on any atom is 0.167 e. The number of carbonyl (C=O) groups excluding carboxylic acids is 4. The van der Waals surface area contributed by atoms with E-state index in [1.165, 1.54) is 75.1 Å². The third kappa shape index (κ3) is 45.2. The summed E-state index contributed by atoms with van der Waals surface area (Å²) in [4.78, 5) is 57.7. The summed E-state index contributed by atoms with van der Waals surface area (Å²) in [5, 5.41) is 0. The molecule has 93 heavy (non-hydrogen) atoms. The van der Waals surface area contributed by atoms with Gasteiger partial charge in [0.25, 0.3) is 0 Å². The summed E-state index contributed by atoms with van der Waals surface area (Å²) in [5.74, 6) is -1.12. The second-order valence-corrected chi connectivity index (χ2v) is 13.6. The lowest BCUT2D eigenvalue weighted by Gasteiger charge is -2.35. The molecule has 0 heterocycles. The highest BCUT2D eigenvalue weighted by molar-refractivity contribution is 6.17. The lowest BCUT2D eigenvalue weighted by Crippen LogP contribution is -2.42. The van der Waals surface area contributed by atoms with Crippen LogP contribution in [-0.2, 0) is 24.6 Å². The van der Waals surface area contributed by atoms with E-state index in [1.54, 1.807) is 91.0 Å². The molecule has 580 valence electrons. The topological polar surface area (TPSA) is 142 Å². The first kappa shape index (κ1) is 198. The van der Waals surface area contributed by atoms with Crippen LogP contribution in [-0.4, -0.2) is 80.0 Å². The van der Waals surface area contributed by atoms with Crippen LogP contribution in [0.5, 0.6) is 46.0 Å². The van der Waals surface area contributed by atoms with Gasteiger partial charge in [0.05, 0.1) is 68.7 Å². The van der Waals surface area contributed by atoms with E-state index in [2.05, 4.69) is 0 Å². The zero-order chi connectivity index (χ0) is 42.7. The number of ether oxygens (including phenoxy) is 8. The number of rotatable bonds is 19. The molecular formula is C81H184O12. The van der Waals surface area contributed by atoms with E-state index in [0.717, 1.165) is 0 Å². The smallest absolute Gasteiger partial charge is 0.167 e. The molecular weight excluding hydrogens is 1160 g/mol. The van der Waals surface area contributed by atoms with E-state index >= 15 is 0 Å². The quantitative estimate of drug-likeness (QED) is 0.0651. The molecule has 0 aliphatic heterocycles. The average Bonchev–Trinajstić information content (AvgIpc) is 3.62. The van der Waals surface area contributed by atoms with Gasteiger partial charge in [0, 0.05) is 11.8 Å². The fourth-order valence-corrected chi connectivity index (χ4v) is 7.39. The number of Topliss-reactive ketones (excluding diaryl/α,β-unsaturated/α-hetero) is 1. The van der Waals surface area contributed by atoms with Crippen LogP contribution in [0.2, 0.25) is 0 Å². The van der Waals surface area contributed by atoms with E-state index < -0.39 is 40.4 Å². The van der Waals surface area contributed by atoms with Gasteiger partial charge in [0.1, 0.15) is 5.78 Å². The molecule has 0 spiro atoms. The molecule has 4 aromatic rings. The largest absolute Gasteiger partial charge is 0.493 e. The Morgan fingerprint density at radius 3 is 0.806 bits per heavy atom. The molecule has 12 heteroatoms. The second kappa shape index (κ2) is 91.6. The van der Waals surface area contributed by atoms with Crippen LogP contribution in [0.1, 0.15) is 288 Å². The van der Waals surface area contributed by atoms with Crippen molar-refractivity contribution in [3.05, 3.63) is 113 Å². The van der Waals surface area contributed by atoms with Gasteiger partial charge in [-0.15, -0.1) is 0 Å². The van der Waals surface area contributed by atoms with E-state index in [1.807, 2.05) is 0 Å². The summed E-state index contributed by atoms with van der Waals surface area (Å²) in [7, 11) is 12.0. The molecule has 0 amide bonds. The lowest BCUT2D eigenvalue weighted by atomic mass is 9.64. The first-order chi connectivity index (χ1) is 28.5. The van der Waals surface area contributed by atoms with Gasteiger partial charge in [0.2, 0.25) is 0 Å². The zero-order valence-electron chi connectivity index (χ0n) is 34.4. The summed E-state index contributed by atoms with van der Waals surface area (Å²) < 4.78 is 43.5. The van der Waals surface area contributed by atoms with Crippen molar-refractivity contribution in [1.29, 1.82) is 0 Å². The van der Waals surface area contributed by atoms with Crippen LogP contribution in [0, 0.1) is 11.8 Å². The molecule has 2 atom stereocenters. The number of benzene rings is 4. The molecule has 1 aliphatic rings. The highest BCUT2D eigenvalue weighted by Gasteiger charge is 2.56. The monoisotopic (exact) mass is 1350 g/mol. The molecule has 1 fully saturated rings. The number of methoxy groups -OCH3 is 8. The van der Waals surface area contributed by atoms with Crippen molar-refractivity contribution in [2.45, 2.75) is 271 Å². The molecule has 1 saturated carbocycles. The molecule has 0 N–H and O–H groups in total.